The van der Waals surface area contributed by atoms with Crippen LogP contribution in [0.4, 0.5) is 0 Å². The first-order chi connectivity index (χ1) is 6.50. The van der Waals surface area contributed by atoms with Crippen molar-refractivity contribution in [1.82, 2.24) is 0 Å². The topological polar surface area (TPSA) is 17.1 Å². The summed E-state index contributed by atoms with van der Waals surface area (Å²) in [5, 5.41) is 0.482. The van der Waals surface area contributed by atoms with Gasteiger partial charge in [0.2, 0.25) is 0 Å². The van der Waals surface area contributed by atoms with Crippen LogP contribution in [0.15, 0.2) is 34.3 Å². The third-order valence-electron chi connectivity index (χ3n) is 1.61. The highest BCUT2D eigenvalue weighted by atomic mass is 79.9. The summed E-state index contributed by atoms with van der Waals surface area (Å²) in [6.45, 7) is 3.76. The van der Waals surface area contributed by atoms with Gasteiger partial charge in [0, 0.05) is 10.0 Å². The van der Waals surface area contributed by atoms with Crippen molar-refractivity contribution in [3.8, 4) is 0 Å². The number of hydrogen-bond acceptors (Lipinski definition) is 1. The highest BCUT2D eigenvalue weighted by Gasteiger charge is 2.07. The highest BCUT2D eigenvalue weighted by Crippen LogP contribution is 2.21. The summed E-state index contributed by atoms with van der Waals surface area (Å²) in [5.41, 5.74) is 1.49. The van der Waals surface area contributed by atoms with Crippen LogP contribution in [0.3, 0.4) is 0 Å². The molecule has 0 amide bonds. The second-order valence-electron chi connectivity index (χ2n) is 3.21. The van der Waals surface area contributed by atoms with E-state index in [0.717, 1.165) is 10.0 Å². The third-order valence-corrected chi connectivity index (χ3v) is 2.44. The van der Waals surface area contributed by atoms with Gasteiger partial charge in [0.25, 0.3) is 0 Å². The van der Waals surface area contributed by atoms with Gasteiger partial charge in [-0.05, 0) is 38.1 Å². The van der Waals surface area contributed by atoms with Gasteiger partial charge in [0.05, 0.1) is 5.02 Å². The molecular weight excluding hydrogens is 263 g/mol. The van der Waals surface area contributed by atoms with Crippen LogP contribution in [-0.4, -0.2) is 5.78 Å². The SMILES string of the molecule is CC(C)=CC(=O)c1cc(Br)ccc1Cl. The molecule has 0 atom stereocenters. The van der Waals surface area contributed by atoms with E-state index < -0.39 is 0 Å². The van der Waals surface area contributed by atoms with Crippen LogP contribution in [0.1, 0.15) is 24.2 Å². The lowest BCUT2D eigenvalue weighted by atomic mass is 10.1. The van der Waals surface area contributed by atoms with Crippen LogP contribution in [0.5, 0.6) is 0 Å². The van der Waals surface area contributed by atoms with Crippen LogP contribution in [0, 0.1) is 0 Å². The van der Waals surface area contributed by atoms with Crippen LogP contribution < -0.4 is 0 Å². The third kappa shape index (κ3) is 2.96. The second kappa shape index (κ2) is 4.76. The molecule has 74 valence electrons. The van der Waals surface area contributed by atoms with Crippen molar-refractivity contribution in [2.75, 3.05) is 0 Å². The Morgan fingerprint density at radius 1 is 1.43 bits per heavy atom. The fourth-order valence-corrected chi connectivity index (χ4v) is 1.60. The maximum Gasteiger partial charge on any atom is 0.187 e. The van der Waals surface area contributed by atoms with Crippen molar-refractivity contribution >= 4 is 33.3 Å². The molecule has 1 aromatic rings. The van der Waals surface area contributed by atoms with Gasteiger partial charge in [-0.3, -0.25) is 4.79 Å². The first-order valence-corrected chi connectivity index (χ1v) is 5.32. The fourth-order valence-electron chi connectivity index (χ4n) is 1.03. The van der Waals surface area contributed by atoms with E-state index in [2.05, 4.69) is 15.9 Å². The molecule has 0 aliphatic heterocycles. The lowest BCUT2D eigenvalue weighted by Gasteiger charge is -2.00. The zero-order valence-electron chi connectivity index (χ0n) is 7.97. The van der Waals surface area contributed by atoms with Gasteiger partial charge in [-0.2, -0.15) is 0 Å². The van der Waals surface area contributed by atoms with Crippen LogP contribution in [0.25, 0.3) is 0 Å². The molecule has 0 N–H and O–H groups in total. The zero-order valence-corrected chi connectivity index (χ0v) is 10.3. The van der Waals surface area contributed by atoms with Gasteiger partial charge < -0.3 is 0 Å². The maximum atomic E-state index is 11.6. The first kappa shape index (κ1) is 11.5. The summed E-state index contributed by atoms with van der Waals surface area (Å²) in [5.74, 6) is -0.0590. The minimum Gasteiger partial charge on any atom is -0.289 e. The largest absolute Gasteiger partial charge is 0.289 e. The van der Waals surface area contributed by atoms with E-state index >= 15 is 0 Å². The summed E-state index contributed by atoms with van der Waals surface area (Å²) in [7, 11) is 0. The molecule has 1 nitrogen and oxygen atoms in total. The molecule has 0 fully saturated rings. The van der Waals surface area contributed by atoms with Gasteiger partial charge in [0.15, 0.2) is 5.78 Å². The van der Waals surface area contributed by atoms with E-state index in [4.69, 9.17) is 11.6 Å². The summed E-state index contributed by atoms with van der Waals surface area (Å²) < 4.78 is 0.854. The Bertz CT molecular complexity index is 392. The Morgan fingerprint density at radius 2 is 2.07 bits per heavy atom. The van der Waals surface area contributed by atoms with Crippen molar-refractivity contribution in [3.05, 3.63) is 44.9 Å². The molecule has 0 spiro atoms. The molecular formula is C11H10BrClO. The average Bonchev–Trinajstić information content (AvgIpc) is 2.08. The zero-order chi connectivity index (χ0) is 10.7. The molecule has 1 rings (SSSR count). The van der Waals surface area contributed by atoms with Crippen LogP contribution >= 0.6 is 27.5 Å². The maximum absolute atomic E-state index is 11.6. The number of benzene rings is 1. The van der Waals surface area contributed by atoms with Gasteiger partial charge in [-0.1, -0.05) is 33.1 Å². The van der Waals surface area contributed by atoms with Crippen molar-refractivity contribution in [1.29, 1.82) is 0 Å². The van der Waals surface area contributed by atoms with E-state index in [9.17, 15) is 4.79 Å². The van der Waals surface area contributed by atoms with Crippen molar-refractivity contribution < 1.29 is 4.79 Å². The minimum absolute atomic E-state index is 0.0590. The van der Waals surface area contributed by atoms with E-state index in [1.807, 2.05) is 19.9 Å². The molecule has 0 bridgehead atoms. The van der Waals surface area contributed by atoms with Gasteiger partial charge >= 0.3 is 0 Å². The summed E-state index contributed by atoms with van der Waals surface area (Å²) in [6, 6.07) is 5.24. The lowest BCUT2D eigenvalue weighted by molar-refractivity contribution is 0.104. The number of halogens is 2. The first-order valence-electron chi connectivity index (χ1n) is 4.15. The average molecular weight is 274 g/mol. The molecule has 0 heterocycles. The Morgan fingerprint density at radius 3 is 2.64 bits per heavy atom. The molecule has 0 aromatic heterocycles. The van der Waals surface area contributed by atoms with Crippen LogP contribution in [-0.2, 0) is 0 Å². The Kier molecular flexibility index (Phi) is 3.90. The number of allylic oxidation sites excluding steroid dienone is 2. The Balaban J connectivity index is 3.12. The van der Waals surface area contributed by atoms with E-state index in [-0.39, 0.29) is 5.78 Å². The Labute approximate surface area is 96.9 Å². The number of ketones is 1. The molecule has 0 radical (unpaired) electrons. The second-order valence-corrected chi connectivity index (χ2v) is 4.53. The molecule has 0 saturated heterocycles. The highest BCUT2D eigenvalue weighted by molar-refractivity contribution is 9.10. The number of hydrogen-bond donors (Lipinski definition) is 0. The normalized spacial score (nSPS) is 9.71. The smallest absolute Gasteiger partial charge is 0.187 e. The minimum atomic E-state index is -0.0590. The quantitative estimate of drug-likeness (QED) is 0.581. The predicted molar refractivity (Wildman–Crippen MR) is 62.9 cm³/mol. The molecule has 0 unspecified atom stereocenters. The fraction of sp³-hybridized carbons (Fsp3) is 0.182. The summed E-state index contributed by atoms with van der Waals surface area (Å²) in [6.07, 6.45) is 1.58. The Hall–Kier alpha value is -0.600. The monoisotopic (exact) mass is 272 g/mol. The molecule has 1 aromatic carbocycles. The standard InChI is InChI=1S/C11H10BrClO/c1-7(2)5-11(14)9-6-8(12)3-4-10(9)13/h3-6H,1-2H3. The number of carbonyl (C=O) groups is 1. The van der Waals surface area contributed by atoms with Gasteiger partial charge in [0.1, 0.15) is 0 Å². The number of rotatable bonds is 2. The molecule has 3 heteroatoms. The predicted octanol–water partition coefficient (Wildman–Crippen LogP) is 4.25. The van der Waals surface area contributed by atoms with Gasteiger partial charge in [-0.15, -0.1) is 0 Å². The van der Waals surface area contributed by atoms with Crippen molar-refractivity contribution in [2.24, 2.45) is 0 Å². The molecule has 14 heavy (non-hydrogen) atoms. The van der Waals surface area contributed by atoms with Crippen LogP contribution in [0.2, 0.25) is 5.02 Å². The summed E-state index contributed by atoms with van der Waals surface area (Å²) >= 11 is 9.20. The van der Waals surface area contributed by atoms with E-state index in [1.165, 1.54) is 0 Å². The van der Waals surface area contributed by atoms with Crippen molar-refractivity contribution in [3.63, 3.8) is 0 Å². The number of carbonyl (C=O) groups excluding carboxylic acids is 1. The summed E-state index contributed by atoms with van der Waals surface area (Å²) in [4.78, 5) is 11.6. The lowest BCUT2D eigenvalue weighted by Crippen LogP contribution is -1.96. The molecule has 0 saturated carbocycles. The molecule has 0 aliphatic rings. The van der Waals surface area contributed by atoms with E-state index in [1.54, 1.807) is 18.2 Å². The molecule has 0 aliphatic carbocycles. The van der Waals surface area contributed by atoms with Crippen molar-refractivity contribution in [2.45, 2.75) is 13.8 Å². The van der Waals surface area contributed by atoms with E-state index in [0.29, 0.717) is 10.6 Å². The van der Waals surface area contributed by atoms with Gasteiger partial charge in [-0.25, -0.2) is 0 Å².